The third kappa shape index (κ3) is 6.91. The number of nitrogens with zero attached hydrogens (tertiary/aromatic N) is 3. The SMILES string of the molecule is CO[C@@H]1COCC[C@@H]1NC1CCN(C(=O)c2cc(Nc3cccc(C(F)(F)F)c3)nc(C(F)(F)F)n2)CC1. The number of methoxy groups -OCH3 is 1. The molecule has 2 aliphatic heterocycles. The molecule has 0 spiro atoms. The highest BCUT2D eigenvalue weighted by Crippen LogP contribution is 2.32. The number of halogens is 6. The molecule has 0 unspecified atom stereocenters. The van der Waals surface area contributed by atoms with Crippen LogP contribution in [0.25, 0.3) is 0 Å². The number of carbonyl (C=O) groups excluding carboxylic acids is 1. The number of likely N-dealkylation sites (tertiary alicyclic amines) is 1. The summed E-state index contributed by atoms with van der Waals surface area (Å²) in [7, 11) is 1.61. The maximum Gasteiger partial charge on any atom is 0.451 e. The number of rotatable bonds is 6. The van der Waals surface area contributed by atoms with Gasteiger partial charge >= 0.3 is 12.4 Å². The quantitative estimate of drug-likeness (QED) is 0.523. The zero-order chi connectivity index (χ0) is 27.5. The first-order chi connectivity index (χ1) is 17.9. The van der Waals surface area contributed by atoms with Crippen LogP contribution in [0, 0.1) is 0 Å². The molecule has 0 saturated carbocycles. The highest BCUT2D eigenvalue weighted by atomic mass is 19.4. The van der Waals surface area contributed by atoms with Gasteiger partial charge in [-0.1, -0.05) is 6.07 Å². The third-order valence-corrected chi connectivity index (χ3v) is 6.50. The summed E-state index contributed by atoms with van der Waals surface area (Å²) in [6.07, 6.45) is -7.77. The Labute approximate surface area is 214 Å². The van der Waals surface area contributed by atoms with Crippen LogP contribution in [0.15, 0.2) is 30.3 Å². The van der Waals surface area contributed by atoms with Crippen LogP contribution in [-0.2, 0) is 21.8 Å². The van der Waals surface area contributed by atoms with Crippen LogP contribution in [0.2, 0.25) is 0 Å². The normalized spacial score (nSPS) is 21.4. The number of hydrogen-bond donors (Lipinski definition) is 2. The van der Waals surface area contributed by atoms with E-state index in [-0.39, 0.29) is 23.9 Å². The van der Waals surface area contributed by atoms with Crippen molar-refractivity contribution >= 4 is 17.4 Å². The summed E-state index contributed by atoms with van der Waals surface area (Å²) in [4.78, 5) is 21.3. The van der Waals surface area contributed by atoms with E-state index >= 15 is 0 Å². The maximum atomic E-state index is 13.5. The Kier molecular flexibility index (Phi) is 8.43. The maximum absolute atomic E-state index is 13.5. The molecule has 8 nitrogen and oxygen atoms in total. The number of anilines is 2. The molecule has 2 aromatic rings. The van der Waals surface area contributed by atoms with Crippen molar-refractivity contribution in [2.45, 2.75) is 49.8 Å². The molecule has 1 aromatic heterocycles. The number of nitrogens with one attached hydrogen (secondary N) is 2. The fourth-order valence-corrected chi connectivity index (χ4v) is 4.52. The van der Waals surface area contributed by atoms with E-state index in [1.165, 1.54) is 11.0 Å². The molecule has 0 aliphatic carbocycles. The summed E-state index contributed by atoms with van der Waals surface area (Å²) in [6.45, 7) is 1.68. The molecular formula is C24H27F6N5O3. The molecule has 14 heteroatoms. The number of ether oxygens (including phenoxy) is 2. The molecule has 38 heavy (non-hydrogen) atoms. The minimum absolute atomic E-state index is 0.0898. The molecule has 2 aliphatic rings. The van der Waals surface area contributed by atoms with E-state index in [9.17, 15) is 31.1 Å². The van der Waals surface area contributed by atoms with E-state index in [2.05, 4.69) is 20.6 Å². The topological polar surface area (TPSA) is 88.6 Å². The number of amides is 1. The second kappa shape index (κ2) is 11.4. The largest absolute Gasteiger partial charge is 0.451 e. The Bertz CT molecular complexity index is 1120. The van der Waals surface area contributed by atoms with Crippen molar-refractivity contribution in [3.05, 3.63) is 47.4 Å². The van der Waals surface area contributed by atoms with Gasteiger partial charge in [-0.05, 0) is 37.5 Å². The van der Waals surface area contributed by atoms with Crippen molar-refractivity contribution in [2.24, 2.45) is 0 Å². The molecular weight excluding hydrogens is 520 g/mol. The highest BCUT2D eigenvalue weighted by molar-refractivity contribution is 5.93. The lowest BCUT2D eigenvalue weighted by Crippen LogP contribution is -2.54. The summed E-state index contributed by atoms with van der Waals surface area (Å²) in [6, 6.07) is 5.12. The number of hydrogen-bond acceptors (Lipinski definition) is 7. The lowest BCUT2D eigenvalue weighted by molar-refractivity contribution is -0.145. The zero-order valence-electron chi connectivity index (χ0n) is 20.4. The monoisotopic (exact) mass is 547 g/mol. The standard InChI is InChI=1S/C24H27F6N5O3/c1-37-19-13-38-10-7-17(19)31-15-5-8-35(9-6-15)21(36)18-12-20(34-22(33-18)24(28,29)30)32-16-4-2-3-14(11-16)23(25,26)27/h2-4,11-12,15,17,19,31H,5-10,13H2,1H3,(H,32,33,34)/t17-,19+/m0/s1. The second-order valence-electron chi connectivity index (χ2n) is 9.14. The number of alkyl halides is 6. The smallest absolute Gasteiger partial charge is 0.379 e. The number of piperidine rings is 1. The van der Waals surface area contributed by atoms with E-state index in [1.807, 2.05) is 0 Å². The Hall–Kier alpha value is -2.97. The fourth-order valence-electron chi connectivity index (χ4n) is 4.52. The predicted octanol–water partition coefficient (Wildman–Crippen LogP) is 4.26. The molecule has 2 atom stereocenters. The van der Waals surface area contributed by atoms with Gasteiger partial charge in [-0.25, -0.2) is 9.97 Å². The van der Waals surface area contributed by atoms with Crippen molar-refractivity contribution in [3.63, 3.8) is 0 Å². The van der Waals surface area contributed by atoms with E-state index < -0.39 is 41.2 Å². The Morgan fingerprint density at radius 1 is 1.05 bits per heavy atom. The zero-order valence-corrected chi connectivity index (χ0v) is 20.4. The van der Waals surface area contributed by atoms with Crippen molar-refractivity contribution in [3.8, 4) is 0 Å². The number of benzene rings is 1. The van der Waals surface area contributed by atoms with Gasteiger partial charge in [0.1, 0.15) is 11.5 Å². The van der Waals surface area contributed by atoms with E-state index in [1.54, 1.807) is 7.11 Å². The second-order valence-corrected chi connectivity index (χ2v) is 9.14. The molecule has 0 bridgehead atoms. The first-order valence-corrected chi connectivity index (χ1v) is 12.0. The van der Waals surface area contributed by atoms with Crippen LogP contribution in [0.5, 0.6) is 0 Å². The molecule has 4 rings (SSSR count). The minimum atomic E-state index is -4.97. The summed E-state index contributed by atoms with van der Waals surface area (Å²) in [5, 5.41) is 5.97. The van der Waals surface area contributed by atoms with Crippen LogP contribution in [0.3, 0.4) is 0 Å². The number of carbonyl (C=O) groups is 1. The van der Waals surface area contributed by atoms with Crippen LogP contribution in [-0.4, -0.2) is 72.4 Å². The molecule has 0 radical (unpaired) electrons. The van der Waals surface area contributed by atoms with Crippen LogP contribution < -0.4 is 10.6 Å². The van der Waals surface area contributed by atoms with Crippen LogP contribution in [0.4, 0.5) is 37.8 Å². The van der Waals surface area contributed by atoms with Crippen LogP contribution in [0.1, 0.15) is 41.1 Å². The van der Waals surface area contributed by atoms with Crippen LogP contribution >= 0.6 is 0 Å². The predicted molar refractivity (Wildman–Crippen MR) is 124 cm³/mol. The Balaban J connectivity index is 1.47. The van der Waals surface area contributed by atoms with Gasteiger partial charge in [0, 0.05) is 50.6 Å². The fraction of sp³-hybridized carbons (Fsp3) is 0.542. The van der Waals surface area contributed by atoms with Crippen molar-refractivity contribution in [2.75, 3.05) is 38.7 Å². The van der Waals surface area contributed by atoms with Crippen molar-refractivity contribution < 1.29 is 40.6 Å². The van der Waals surface area contributed by atoms with Gasteiger partial charge in [-0.3, -0.25) is 4.79 Å². The Morgan fingerprint density at radius 3 is 2.45 bits per heavy atom. The molecule has 1 aromatic carbocycles. The lowest BCUT2D eigenvalue weighted by atomic mass is 9.99. The number of aromatic nitrogens is 2. The van der Waals surface area contributed by atoms with Gasteiger partial charge in [0.25, 0.3) is 5.91 Å². The molecule has 208 valence electrons. The van der Waals surface area contributed by atoms with E-state index in [0.717, 1.165) is 30.7 Å². The lowest BCUT2D eigenvalue weighted by Gasteiger charge is -2.38. The van der Waals surface area contributed by atoms with E-state index in [4.69, 9.17) is 9.47 Å². The van der Waals surface area contributed by atoms with Gasteiger partial charge in [-0.2, -0.15) is 26.3 Å². The van der Waals surface area contributed by atoms with Gasteiger partial charge < -0.3 is 25.0 Å². The first-order valence-electron chi connectivity index (χ1n) is 12.0. The van der Waals surface area contributed by atoms with E-state index in [0.29, 0.717) is 39.1 Å². The average Bonchev–Trinajstić information content (AvgIpc) is 2.88. The van der Waals surface area contributed by atoms with Gasteiger partial charge in [-0.15, -0.1) is 0 Å². The Morgan fingerprint density at radius 2 is 1.79 bits per heavy atom. The van der Waals surface area contributed by atoms with Gasteiger partial charge in [0.2, 0.25) is 5.82 Å². The summed E-state index contributed by atoms with van der Waals surface area (Å²) < 4.78 is 90.5. The first kappa shape index (κ1) is 28.0. The summed E-state index contributed by atoms with van der Waals surface area (Å²) >= 11 is 0. The minimum Gasteiger partial charge on any atom is -0.379 e. The molecule has 1 amide bonds. The summed E-state index contributed by atoms with van der Waals surface area (Å²) in [5.41, 5.74) is -1.63. The van der Waals surface area contributed by atoms with Crippen molar-refractivity contribution in [1.82, 2.24) is 20.2 Å². The third-order valence-electron chi connectivity index (χ3n) is 6.50. The average molecular weight is 547 g/mol. The molecule has 2 N–H and O–H groups in total. The molecule has 2 fully saturated rings. The van der Waals surface area contributed by atoms with Gasteiger partial charge in [0.15, 0.2) is 0 Å². The van der Waals surface area contributed by atoms with Gasteiger partial charge in [0.05, 0.1) is 18.3 Å². The van der Waals surface area contributed by atoms with Crippen molar-refractivity contribution in [1.29, 1.82) is 0 Å². The summed E-state index contributed by atoms with van der Waals surface area (Å²) in [5.74, 6) is -2.74. The molecule has 2 saturated heterocycles. The highest BCUT2D eigenvalue weighted by Gasteiger charge is 2.37. The molecule has 3 heterocycles.